The van der Waals surface area contributed by atoms with E-state index in [1.165, 1.54) is 6.07 Å². The molecule has 2 N–H and O–H groups in total. The highest BCUT2D eigenvalue weighted by Gasteiger charge is 2.43. The van der Waals surface area contributed by atoms with Gasteiger partial charge in [-0.15, -0.1) is 0 Å². The number of nitrogens with zero attached hydrogens (tertiary/aromatic N) is 4. The number of piperidine rings is 1. The molecule has 0 amide bonds. The van der Waals surface area contributed by atoms with Gasteiger partial charge in [0.25, 0.3) is 5.69 Å². The van der Waals surface area contributed by atoms with Crippen molar-refractivity contribution in [3.05, 3.63) is 86.9 Å². The molecule has 2 aromatic carbocycles. The van der Waals surface area contributed by atoms with Gasteiger partial charge in [-0.3, -0.25) is 15.0 Å². The van der Waals surface area contributed by atoms with Gasteiger partial charge in [0.2, 0.25) is 0 Å². The van der Waals surface area contributed by atoms with E-state index in [9.17, 15) is 25.0 Å². The topological polar surface area (TPSA) is 152 Å². The molecule has 1 unspecified atom stereocenters. The van der Waals surface area contributed by atoms with Crippen LogP contribution in [0.3, 0.4) is 0 Å². The smallest absolute Gasteiger partial charge is 0.355 e. The number of nitro groups is 1. The number of carbonyl (C=O) groups excluding carboxylic acids is 2. The van der Waals surface area contributed by atoms with E-state index >= 15 is 0 Å². The Kier molecular flexibility index (Phi) is 7.85. The van der Waals surface area contributed by atoms with E-state index in [-0.39, 0.29) is 34.0 Å². The first-order valence-electron chi connectivity index (χ1n) is 12.4. The summed E-state index contributed by atoms with van der Waals surface area (Å²) in [5.74, 6) is -2.45. The van der Waals surface area contributed by atoms with Gasteiger partial charge in [0.05, 0.1) is 48.0 Å². The summed E-state index contributed by atoms with van der Waals surface area (Å²) >= 11 is 0. The Morgan fingerprint density at radius 3 is 2.28 bits per heavy atom. The summed E-state index contributed by atoms with van der Waals surface area (Å²) in [4.78, 5) is 41.2. The van der Waals surface area contributed by atoms with Gasteiger partial charge in [-0.25, -0.2) is 9.59 Å². The number of hydrogen-bond acceptors (Lipinski definition) is 10. The lowest BCUT2D eigenvalue weighted by molar-refractivity contribution is -0.384. The van der Waals surface area contributed by atoms with Crippen molar-refractivity contribution in [1.82, 2.24) is 0 Å². The minimum absolute atomic E-state index is 0.0222. The highest BCUT2D eigenvalue weighted by atomic mass is 16.6. The zero-order valence-electron chi connectivity index (χ0n) is 21.9. The van der Waals surface area contributed by atoms with Crippen LogP contribution in [-0.2, 0) is 19.1 Å². The molecular weight excluding hydrogens is 502 g/mol. The summed E-state index contributed by atoms with van der Waals surface area (Å²) in [6, 6.07) is 15.1. The number of carbonyl (C=O) groups is 2. The molecule has 2 aliphatic heterocycles. The average Bonchev–Trinajstić information content (AvgIpc) is 2.96. The standard InChI is InChI=1S/C28H29N5O6/c1-17-11-13-31(14-12-17)21-10-9-19(15-22(21)33(36)37)32-25(28(35)39-3)24(27(34)38-2)23(20(16-29)26(32)30)18-7-5-4-6-8-18/h4-10,15,17,23H,11-14,30H2,1-3H3. The van der Waals surface area contributed by atoms with Gasteiger partial charge in [0.1, 0.15) is 17.2 Å². The lowest BCUT2D eigenvalue weighted by Gasteiger charge is -2.36. The molecular formula is C28H29N5O6. The van der Waals surface area contributed by atoms with E-state index in [4.69, 9.17) is 15.2 Å². The van der Waals surface area contributed by atoms with E-state index < -0.39 is 22.8 Å². The largest absolute Gasteiger partial charge is 0.466 e. The molecule has 0 aliphatic carbocycles. The number of nitrogens with two attached hydrogens (primary N) is 1. The van der Waals surface area contributed by atoms with Gasteiger partial charge < -0.3 is 20.1 Å². The fraction of sp³-hybridized carbons (Fsp3) is 0.321. The maximum Gasteiger partial charge on any atom is 0.355 e. The van der Waals surface area contributed by atoms with Crippen LogP contribution in [0.1, 0.15) is 31.2 Å². The number of ether oxygens (including phenoxy) is 2. The Morgan fingerprint density at radius 2 is 1.72 bits per heavy atom. The van der Waals surface area contributed by atoms with Gasteiger partial charge >= 0.3 is 11.9 Å². The van der Waals surface area contributed by atoms with Crippen LogP contribution in [0.2, 0.25) is 0 Å². The first-order valence-corrected chi connectivity index (χ1v) is 12.4. The minimum atomic E-state index is -1.03. The third-order valence-corrected chi connectivity index (χ3v) is 7.15. The molecule has 0 aromatic heterocycles. The number of esters is 2. The Bertz CT molecular complexity index is 1400. The summed E-state index contributed by atoms with van der Waals surface area (Å²) < 4.78 is 10.1. The fourth-order valence-corrected chi connectivity index (χ4v) is 5.10. The Balaban J connectivity index is 1.96. The molecule has 39 heavy (non-hydrogen) atoms. The highest BCUT2D eigenvalue weighted by molar-refractivity contribution is 6.06. The molecule has 1 saturated heterocycles. The predicted octanol–water partition coefficient (Wildman–Crippen LogP) is 3.73. The molecule has 1 atom stereocenters. The number of rotatable bonds is 6. The van der Waals surface area contributed by atoms with Crippen molar-refractivity contribution in [2.75, 3.05) is 37.1 Å². The maximum atomic E-state index is 13.2. The fourth-order valence-electron chi connectivity index (χ4n) is 5.10. The molecule has 0 bridgehead atoms. The predicted molar refractivity (Wildman–Crippen MR) is 143 cm³/mol. The Labute approximate surface area is 225 Å². The van der Waals surface area contributed by atoms with E-state index in [1.807, 2.05) is 4.90 Å². The molecule has 0 spiro atoms. The molecule has 4 rings (SSSR count). The van der Waals surface area contributed by atoms with Crippen LogP contribution in [-0.4, -0.2) is 44.2 Å². The molecule has 2 aliphatic rings. The van der Waals surface area contributed by atoms with Crippen LogP contribution >= 0.6 is 0 Å². The summed E-state index contributed by atoms with van der Waals surface area (Å²) in [5, 5.41) is 22.4. The third kappa shape index (κ3) is 5.01. The number of anilines is 2. The second-order valence-corrected chi connectivity index (χ2v) is 9.43. The lowest BCUT2D eigenvalue weighted by atomic mass is 9.81. The van der Waals surface area contributed by atoms with Gasteiger partial charge in [-0.1, -0.05) is 37.3 Å². The molecule has 202 valence electrons. The summed E-state index contributed by atoms with van der Waals surface area (Å²) in [6.45, 7) is 3.49. The lowest BCUT2D eigenvalue weighted by Crippen LogP contribution is -2.40. The monoisotopic (exact) mass is 531 g/mol. The van der Waals surface area contributed by atoms with Crippen molar-refractivity contribution < 1.29 is 24.0 Å². The first kappa shape index (κ1) is 27.2. The number of hydrogen-bond donors (Lipinski definition) is 1. The second kappa shape index (κ2) is 11.3. The minimum Gasteiger partial charge on any atom is -0.466 e. The van der Waals surface area contributed by atoms with Crippen LogP contribution in [0, 0.1) is 27.4 Å². The summed E-state index contributed by atoms with van der Waals surface area (Å²) in [6.07, 6.45) is 1.82. The van der Waals surface area contributed by atoms with Gasteiger partial charge in [-0.05, 0) is 36.5 Å². The molecule has 11 nitrogen and oxygen atoms in total. The summed E-state index contributed by atoms with van der Waals surface area (Å²) in [5.41, 5.74) is 6.93. The van der Waals surface area contributed by atoms with E-state index in [2.05, 4.69) is 13.0 Å². The average molecular weight is 532 g/mol. The van der Waals surface area contributed by atoms with Gasteiger partial charge in [-0.2, -0.15) is 5.26 Å². The number of nitriles is 1. The van der Waals surface area contributed by atoms with E-state index in [1.54, 1.807) is 42.5 Å². The molecule has 2 aromatic rings. The van der Waals surface area contributed by atoms with Crippen LogP contribution in [0.4, 0.5) is 17.1 Å². The van der Waals surface area contributed by atoms with Crippen LogP contribution in [0.15, 0.2) is 71.2 Å². The number of allylic oxidation sites excluding steroid dienone is 1. The summed E-state index contributed by atoms with van der Waals surface area (Å²) in [7, 11) is 2.30. The molecule has 11 heteroatoms. The van der Waals surface area contributed by atoms with Gasteiger partial charge in [0, 0.05) is 19.2 Å². The van der Waals surface area contributed by atoms with Gasteiger partial charge in [0.15, 0.2) is 0 Å². The number of benzene rings is 2. The normalized spacial score (nSPS) is 18.1. The van der Waals surface area contributed by atoms with Crippen molar-refractivity contribution in [1.29, 1.82) is 5.26 Å². The molecule has 0 radical (unpaired) electrons. The highest BCUT2D eigenvalue weighted by Crippen LogP contribution is 2.44. The van der Waals surface area contributed by atoms with Crippen molar-refractivity contribution in [2.24, 2.45) is 11.7 Å². The SMILES string of the molecule is COC(=O)C1=C(C(=O)OC)N(c2ccc(N3CCC(C)CC3)c([N+](=O)[O-])c2)C(N)=C(C#N)C1c1ccccc1. The Hall–Kier alpha value is -4.85. The number of methoxy groups -OCH3 is 2. The zero-order chi connectivity index (χ0) is 28.3. The quantitative estimate of drug-likeness (QED) is 0.331. The third-order valence-electron chi connectivity index (χ3n) is 7.15. The van der Waals surface area contributed by atoms with Crippen molar-refractivity contribution in [3.8, 4) is 6.07 Å². The van der Waals surface area contributed by atoms with Crippen LogP contribution in [0.5, 0.6) is 0 Å². The maximum absolute atomic E-state index is 13.2. The van der Waals surface area contributed by atoms with E-state index in [0.717, 1.165) is 32.0 Å². The van der Waals surface area contributed by atoms with Crippen LogP contribution < -0.4 is 15.5 Å². The first-order chi connectivity index (χ1) is 18.7. The molecule has 1 fully saturated rings. The zero-order valence-corrected chi connectivity index (χ0v) is 21.9. The second-order valence-electron chi connectivity index (χ2n) is 9.43. The van der Waals surface area contributed by atoms with Crippen LogP contribution in [0.25, 0.3) is 0 Å². The van der Waals surface area contributed by atoms with E-state index in [0.29, 0.717) is 30.3 Å². The van der Waals surface area contributed by atoms with Crippen molar-refractivity contribution in [2.45, 2.75) is 25.7 Å². The van der Waals surface area contributed by atoms with Crippen molar-refractivity contribution in [3.63, 3.8) is 0 Å². The van der Waals surface area contributed by atoms with Crippen molar-refractivity contribution >= 4 is 29.0 Å². The molecule has 0 saturated carbocycles. The Morgan fingerprint density at radius 1 is 1.08 bits per heavy atom. The molecule has 2 heterocycles. The number of nitro benzene ring substituents is 1.